The van der Waals surface area contributed by atoms with E-state index in [2.05, 4.69) is 87.2 Å². The van der Waals surface area contributed by atoms with Crippen molar-refractivity contribution < 1.29 is 34.5 Å². The number of nitrogens with zero attached hydrogens (tertiary/aromatic N) is 5. The first-order chi connectivity index (χ1) is 28.4. The third-order valence-corrected chi connectivity index (χ3v) is 10.3. The van der Waals surface area contributed by atoms with Crippen molar-refractivity contribution in [1.82, 2.24) is 18.7 Å². The van der Waals surface area contributed by atoms with Crippen molar-refractivity contribution >= 4 is 54.6 Å². The van der Waals surface area contributed by atoms with E-state index in [0.29, 0.717) is 28.2 Å². The van der Waals surface area contributed by atoms with Gasteiger partial charge in [0.05, 0.1) is 33.2 Å². The smallest absolute Gasteiger partial charge is 0.242 e. The molecule has 0 saturated heterocycles. The Bertz CT molecular complexity index is 3370. The number of aromatic nitrogens is 5. The van der Waals surface area contributed by atoms with Crippen LogP contribution in [-0.4, -0.2) is 18.7 Å². The number of hydrogen-bond acceptors (Lipinski definition) is 2. The summed E-state index contributed by atoms with van der Waals surface area (Å²) in [5.41, 5.74) is 8.37. The second-order valence-electron chi connectivity index (χ2n) is 13.5. The van der Waals surface area contributed by atoms with E-state index in [0.717, 1.165) is 66.2 Å². The molecule has 0 saturated carbocycles. The summed E-state index contributed by atoms with van der Waals surface area (Å²) < 4.78 is 39.9. The zero-order chi connectivity index (χ0) is 39.0. The molecule has 0 N–H and O–H groups in total. The number of imidazole rings is 1. The van der Waals surface area contributed by atoms with Crippen LogP contribution in [0.25, 0.3) is 83.0 Å². The summed E-state index contributed by atoms with van der Waals surface area (Å²) in [4.78, 5) is 4.64. The minimum atomic E-state index is -2.54. The maximum atomic E-state index is 8.69. The minimum Gasteiger partial charge on any atom is -0.510 e. The van der Waals surface area contributed by atoms with E-state index in [-0.39, 0.29) is 21.1 Å². The first kappa shape index (κ1) is 30.6. The molecule has 0 aliphatic heterocycles. The number of ether oxygens (including phenoxy) is 1. The van der Waals surface area contributed by atoms with Crippen LogP contribution in [-0.2, 0) is 28.0 Å². The van der Waals surface area contributed by atoms with Gasteiger partial charge in [-0.1, -0.05) is 108 Å². The van der Waals surface area contributed by atoms with Crippen molar-refractivity contribution in [3.63, 3.8) is 0 Å². The van der Waals surface area contributed by atoms with Gasteiger partial charge in [-0.25, -0.2) is 4.98 Å². The quantitative estimate of drug-likeness (QED) is 0.123. The molecule has 4 heterocycles. The van der Waals surface area contributed by atoms with Crippen LogP contribution >= 0.6 is 0 Å². The van der Waals surface area contributed by atoms with Gasteiger partial charge in [0.1, 0.15) is 5.82 Å². The fraction of sp³-hybridized carbons (Fsp3) is 0.0204. The van der Waals surface area contributed by atoms with Gasteiger partial charge in [0.15, 0.2) is 0 Å². The summed E-state index contributed by atoms with van der Waals surface area (Å²) in [6.07, 6.45) is 4.97. The molecule has 0 bridgehead atoms. The summed E-state index contributed by atoms with van der Waals surface area (Å²) in [5, 5.41) is 4.31. The van der Waals surface area contributed by atoms with Crippen LogP contribution in [0, 0.1) is 18.5 Å². The standard InChI is InChI=1S/C49H31N5O.Pt/c1-51-32-52(34-16-11-17-35(30-34)55-36-27-28-39-37-18-5-8-24-44(37)54(46(39)31-36)47-26-9-10-29-50-47)45-25-13-22-42(49(45)51)41-21-12-20-40-38-19-6-7-23-43(38)53(48(40)41)33-14-3-2-4-15-33;/h2-29H,1H3;/q-2;/i1D3;. The van der Waals surface area contributed by atoms with Crippen molar-refractivity contribution in [3.05, 3.63) is 188 Å². The van der Waals surface area contributed by atoms with Gasteiger partial charge in [0, 0.05) is 66.3 Å². The van der Waals surface area contributed by atoms with Crippen LogP contribution in [0.4, 0.5) is 0 Å². The van der Waals surface area contributed by atoms with E-state index in [1.54, 1.807) is 10.8 Å². The van der Waals surface area contributed by atoms with Gasteiger partial charge in [-0.15, -0.1) is 29.7 Å². The second-order valence-corrected chi connectivity index (χ2v) is 13.5. The molecule has 0 unspecified atom stereocenters. The average molecular weight is 904 g/mol. The maximum Gasteiger partial charge on any atom is 0.242 e. The number of pyridine rings is 1. The third-order valence-electron chi connectivity index (χ3n) is 10.3. The van der Waals surface area contributed by atoms with E-state index in [1.807, 2.05) is 109 Å². The largest absolute Gasteiger partial charge is 0.510 e. The van der Waals surface area contributed by atoms with Crippen LogP contribution in [0.3, 0.4) is 0 Å². The normalized spacial score (nSPS) is 12.5. The van der Waals surface area contributed by atoms with E-state index in [1.165, 1.54) is 4.57 Å². The molecule has 0 fully saturated rings. The Labute approximate surface area is 341 Å². The molecular formula is C49H31N5OPt-2. The predicted octanol–water partition coefficient (Wildman–Crippen LogP) is 10.9. The van der Waals surface area contributed by atoms with Crippen LogP contribution in [0.2, 0.25) is 0 Å². The molecule has 11 rings (SSSR count). The van der Waals surface area contributed by atoms with Gasteiger partial charge in [0.25, 0.3) is 0 Å². The van der Waals surface area contributed by atoms with Crippen LogP contribution in [0.5, 0.6) is 11.5 Å². The van der Waals surface area contributed by atoms with E-state index >= 15 is 0 Å². The van der Waals surface area contributed by atoms with Gasteiger partial charge in [-0.05, 0) is 47.3 Å². The minimum absolute atomic E-state index is 0. The molecule has 6 nitrogen and oxygen atoms in total. The first-order valence-electron chi connectivity index (χ1n) is 19.6. The number of benzene rings is 7. The SMILES string of the molecule is [2H]C([2H])([2H])[n+]1[c-]n(-c2[c-]c(Oc3[c-]c4c(cc3)c3ccccc3n4-c3ccccn3)ccc2)c2cccc(-c3cccc4c5ccccc5n(-c5ccccc5)c34)c21.[Pt]. The maximum absolute atomic E-state index is 8.69. The summed E-state index contributed by atoms with van der Waals surface area (Å²) in [7, 11) is 0. The van der Waals surface area contributed by atoms with Gasteiger partial charge in [-0.3, -0.25) is 0 Å². The van der Waals surface area contributed by atoms with Gasteiger partial charge in [0.2, 0.25) is 6.33 Å². The number of fused-ring (bicyclic) bond motifs is 7. The van der Waals surface area contributed by atoms with Crippen LogP contribution in [0.1, 0.15) is 4.11 Å². The Hall–Kier alpha value is -6.75. The Morgan fingerprint density at radius 3 is 2.07 bits per heavy atom. The number of para-hydroxylation sites is 5. The third kappa shape index (κ3) is 5.29. The van der Waals surface area contributed by atoms with Crippen molar-refractivity contribution in [1.29, 1.82) is 0 Å². The average Bonchev–Trinajstić information content (AvgIpc) is 3.93. The fourth-order valence-corrected chi connectivity index (χ4v) is 8.04. The molecule has 0 amide bonds. The van der Waals surface area contributed by atoms with Crippen molar-refractivity contribution in [2.75, 3.05) is 0 Å². The fourth-order valence-electron chi connectivity index (χ4n) is 8.04. The topological polar surface area (TPSA) is 40.8 Å². The monoisotopic (exact) mass is 903 g/mol. The van der Waals surface area contributed by atoms with Crippen molar-refractivity contribution in [2.45, 2.75) is 0 Å². The van der Waals surface area contributed by atoms with Crippen molar-refractivity contribution in [2.24, 2.45) is 6.98 Å². The van der Waals surface area contributed by atoms with Crippen LogP contribution in [0.15, 0.2) is 170 Å². The summed E-state index contributed by atoms with van der Waals surface area (Å²) in [5.74, 6) is 1.73. The Kier molecular flexibility index (Phi) is 7.38. The molecule has 0 spiro atoms. The number of rotatable bonds is 6. The number of hydrogen-bond donors (Lipinski definition) is 0. The Morgan fingerprint density at radius 1 is 0.571 bits per heavy atom. The first-order valence-corrected chi connectivity index (χ1v) is 18.1. The van der Waals surface area contributed by atoms with Crippen molar-refractivity contribution in [3.8, 4) is 39.8 Å². The van der Waals surface area contributed by atoms with E-state index in [4.69, 9.17) is 8.85 Å². The van der Waals surface area contributed by atoms with Gasteiger partial charge < -0.3 is 23.0 Å². The molecule has 0 atom stereocenters. The molecule has 4 aromatic heterocycles. The molecule has 0 radical (unpaired) electrons. The van der Waals surface area contributed by atoms with E-state index in [9.17, 15) is 0 Å². The molecule has 56 heavy (non-hydrogen) atoms. The zero-order valence-electron chi connectivity index (χ0n) is 32.6. The summed E-state index contributed by atoms with van der Waals surface area (Å²) in [6.45, 7) is -2.54. The van der Waals surface area contributed by atoms with Gasteiger partial charge in [-0.2, -0.15) is 18.2 Å². The predicted molar refractivity (Wildman–Crippen MR) is 219 cm³/mol. The summed E-state index contributed by atoms with van der Waals surface area (Å²) >= 11 is 0. The Morgan fingerprint density at radius 2 is 1.25 bits per heavy atom. The Balaban J connectivity index is 0.00000420. The second kappa shape index (κ2) is 13.5. The molecular weight excluding hydrogens is 870 g/mol. The molecule has 7 aromatic carbocycles. The van der Waals surface area contributed by atoms with E-state index < -0.39 is 6.98 Å². The molecule has 270 valence electrons. The summed E-state index contributed by atoms with van der Waals surface area (Å²) in [6, 6.07) is 61.2. The number of aryl methyl sites for hydroxylation is 1. The van der Waals surface area contributed by atoms with Gasteiger partial charge >= 0.3 is 0 Å². The molecule has 0 aliphatic carbocycles. The zero-order valence-corrected chi connectivity index (χ0v) is 31.9. The molecule has 0 aliphatic rings. The molecule has 11 aromatic rings. The molecule has 7 heteroatoms. The van der Waals surface area contributed by atoms with Crippen LogP contribution < -0.4 is 9.30 Å².